The van der Waals surface area contributed by atoms with E-state index in [1.807, 2.05) is 36.4 Å². The molecule has 5 heteroatoms. The molecule has 1 fully saturated rings. The molecule has 0 spiro atoms. The van der Waals surface area contributed by atoms with E-state index in [1.165, 1.54) is 0 Å². The number of nitrogens with zero attached hydrogens (tertiary/aromatic N) is 1. The molecule has 0 saturated carbocycles. The quantitative estimate of drug-likeness (QED) is 0.900. The van der Waals surface area contributed by atoms with Crippen LogP contribution in [0.3, 0.4) is 0 Å². The number of benzene rings is 2. The number of rotatable bonds is 4. The Labute approximate surface area is 135 Å². The molecule has 0 bridgehead atoms. The van der Waals surface area contributed by atoms with Crippen molar-refractivity contribution in [1.82, 2.24) is 4.90 Å². The first kappa shape index (κ1) is 15.9. The Morgan fingerprint density at radius 3 is 2.61 bits per heavy atom. The first-order chi connectivity index (χ1) is 11.1. The van der Waals surface area contributed by atoms with E-state index in [1.54, 1.807) is 6.92 Å². The Bertz CT molecular complexity index is 708. The highest BCUT2D eigenvalue weighted by molar-refractivity contribution is 6.06. The highest BCUT2D eigenvalue weighted by Crippen LogP contribution is 2.30. The zero-order chi connectivity index (χ0) is 16.4. The van der Waals surface area contributed by atoms with Crippen LogP contribution in [0.5, 0.6) is 0 Å². The molecular formula is C18H22N2O3. The zero-order valence-electron chi connectivity index (χ0n) is 13.2. The van der Waals surface area contributed by atoms with E-state index < -0.39 is 12.0 Å². The summed E-state index contributed by atoms with van der Waals surface area (Å²) in [5, 5.41) is 12.1. The third-order valence-electron chi connectivity index (χ3n) is 4.39. The average molecular weight is 314 g/mol. The Kier molecular flexibility index (Phi) is 4.61. The lowest BCUT2D eigenvalue weighted by Crippen LogP contribution is -2.43. The second-order valence-corrected chi connectivity index (χ2v) is 5.99. The predicted molar refractivity (Wildman–Crippen MR) is 89.3 cm³/mol. The first-order valence-electron chi connectivity index (χ1n) is 7.90. The number of carbonyl (C=O) groups excluding carboxylic acids is 1. The van der Waals surface area contributed by atoms with Gasteiger partial charge in [0.2, 0.25) is 5.91 Å². The van der Waals surface area contributed by atoms with Gasteiger partial charge in [0, 0.05) is 18.7 Å². The van der Waals surface area contributed by atoms with Crippen molar-refractivity contribution in [3.05, 3.63) is 47.5 Å². The maximum Gasteiger partial charge on any atom is 0.249 e. The van der Waals surface area contributed by atoms with Crippen LogP contribution in [0.4, 0.5) is 0 Å². The van der Waals surface area contributed by atoms with Crippen LogP contribution in [-0.2, 0) is 4.74 Å². The molecule has 122 valence electrons. The third-order valence-corrected chi connectivity index (χ3v) is 4.39. The van der Waals surface area contributed by atoms with Crippen molar-refractivity contribution in [3.8, 4) is 0 Å². The highest BCUT2D eigenvalue weighted by Gasteiger charge is 2.27. The fourth-order valence-electron chi connectivity index (χ4n) is 3.36. The maximum absolute atomic E-state index is 11.9. The molecule has 0 aromatic heterocycles. The molecule has 2 aromatic carbocycles. The minimum absolute atomic E-state index is 0.179. The Balaban J connectivity index is 2.10. The smallest absolute Gasteiger partial charge is 0.249 e. The van der Waals surface area contributed by atoms with E-state index in [2.05, 4.69) is 4.90 Å². The molecule has 1 aliphatic heterocycles. The van der Waals surface area contributed by atoms with Gasteiger partial charge >= 0.3 is 0 Å². The van der Waals surface area contributed by atoms with E-state index in [0.717, 1.165) is 29.4 Å². The molecule has 2 unspecified atom stereocenters. The topological polar surface area (TPSA) is 75.8 Å². The van der Waals surface area contributed by atoms with Crippen LogP contribution < -0.4 is 5.73 Å². The predicted octanol–water partition coefficient (Wildman–Crippen LogP) is 1.69. The van der Waals surface area contributed by atoms with Crippen LogP contribution in [-0.4, -0.2) is 48.3 Å². The van der Waals surface area contributed by atoms with Crippen LogP contribution in [0.1, 0.15) is 28.9 Å². The summed E-state index contributed by atoms with van der Waals surface area (Å²) in [5.74, 6) is -0.450. The van der Waals surface area contributed by atoms with Crippen molar-refractivity contribution < 1.29 is 14.6 Å². The van der Waals surface area contributed by atoms with E-state index in [4.69, 9.17) is 10.5 Å². The van der Waals surface area contributed by atoms with Gasteiger partial charge in [-0.3, -0.25) is 9.69 Å². The minimum atomic E-state index is -0.560. The van der Waals surface area contributed by atoms with Gasteiger partial charge in [0.1, 0.15) is 0 Å². The zero-order valence-corrected chi connectivity index (χ0v) is 13.2. The first-order valence-corrected chi connectivity index (χ1v) is 7.90. The molecule has 2 aromatic rings. The molecule has 0 radical (unpaired) electrons. The SMILES string of the molecule is CC(O)C(c1cc(C(N)=O)c2ccccc2c1)N1CCOCC1. The summed E-state index contributed by atoms with van der Waals surface area (Å²) in [4.78, 5) is 14.1. The van der Waals surface area contributed by atoms with Crippen molar-refractivity contribution in [1.29, 1.82) is 0 Å². The van der Waals surface area contributed by atoms with Crippen LogP contribution in [0, 0.1) is 0 Å². The second-order valence-electron chi connectivity index (χ2n) is 5.99. The largest absolute Gasteiger partial charge is 0.391 e. The Morgan fingerprint density at radius 2 is 1.96 bits per heavy atom. The van der Waals surface area contributed by atoms with E-state index in [-0.39, 0.29) is 6.04 Å². The summed E-state index contributed by atoms with van der Waals surface area (Å²) in [6.45, 7) is 4.60. The second kappa shape index (κ2) is 6.66. The standard InChI is InChI=1S/C18H22N2O3/c1-12(21)17(20-6-8-23-9-7-20)14-10-13-4-2-3-5-15(13)16(11-14)18(19)22/h2-5,10-12,17,21H,6-9H2,1H3,(H2,19,22). The molecule has 2 atom stereocenters. The average Bonchev–Trinajstić information content (AvgIpc) is 2.55. The Hall–Kier alpha value is -1.95. The van der Waals surface area contributed by atoms with Gasteiger partial charge in [-0.05, 0) is 35.4 Å². The van der Waals surface area contributed by atoms with E-state index >= 15 is 0 Å². The number of nitrogens with two attached hydrogens (primary N) is 1. The van der Waals surface area contributed by atoms with Crippen LogP contribution in [0.25, 0.3) is 10.8 Å². The summed E-state index contributed by atoms with van der Waals surface area (Å²) < 4.78 is 5.40. The summed E-state index contributed by atoms with van der Waals surface area (Å²) in [5.41, 5.74) is 6.98. The van der Waals surface area contributed by atoms with Gasteiger partial charge in [-0.1, -0.05) is 24.3 Å². The molecule has 1 saturated heterocycles. The van der Waals surface area contributed by atoms with Gasteiger partial charge in [0.15, 0.2) is 0 Å². The van der Waals surface area contributed by atoms with Crippen molar-refractivity contribution in [3.63, 3.8) is 0 Å². The van der Waals surface area contributed by atoms with Crippen LogP contribution in [0.15, 0.2) is 36.4 Å². The van der Waals surface area contributed by atoms with Gasteiger partial charge in [-0.2, -0.15) is 0 Å². The lowest BCUT2D eigenvalue weighted by atomic mass is 9.93. The van der Waals surface area contributed by atoms with E-state index in [9.17, 15) is 9.90 Å². The summed E-state index contributed by atoms with van der Waals surface area (Å²) in [6.07, 6.45) is -0.560. The minimum Gasteiger partial charge on any atom is -0.391 e. The summed E-state index contributed by atoms with van der Waals surface area (Å²) >= 11 is 0. The molecule has 5 nitrogen and oxygen atoms in total. The number of carbonyl (C=O) groups is 1. The number of aliphatic hydroxyl groups is 1. The Morgan fingerprint density at radius 1 is 1.26 bits per heavy atom. The number of hydrogen-bond donors (Lipinski definition) is 2. The van der Waals surface area contributed by atoms with Gasteiger partial charge < -0.3 is 15.6 Å². The lowest BCUT2D eigenvalue weighted by molar-refractivity contribution is -0.0180. The number of primary amides is 1. The summed E-state index contributed by atoms with van der Waals surface area (Å²) in [7, 11) is 0. The number of amides is 1. The van der Waals surface area contributed by atoms with E-state index in [0.29, 0.717) is 18.8 Å². The molecule has 0 aliphatic carbocycles. The van der Waals surface area contributed by atoms with Crippen LogP contribution in [0.2, 0.25) is 0 Å². The molecule has 1 amide bonds. The number of fused-ring (bicyclic) bond motifs is 1. The van der Waals surface area contributed by atoms with Crippen molar-refractivity contribution >= 4 is 16.7 Å². The third kappa shape index (κ3) is 3.22. The fourth-order valence-corrected chi connectivity index (χ4v) is 3.36. The lowest BCUT2D eigenvalue weighted by Gasteiger charge is -2.36. The highest BCUT2D eigenvalue weighted by atomic mass is 16.5. The molecule has 3 rings (SSSR count). The monoisotopic (exact) mass is 314 g/mol. The van der Waals surface area contributed by atoms with Crippen molar-refractivity contribution in [2.24, 2.45) is 5.73 Å². The number of hydrogen-bond acceptors (Lipinski definition) is 4. The van der Waals surface area contributed by atoms with Gasteiger partial charge in [0.05, 0.1) is 25.4 Å². The molecular weight excluding hydrogens is 292 g/mol. The number of morpholine rings is 1. The molecule has 1 aliphatic rings. The molecule has 3 N–H and O–H groups in total. The normalized spacial score (nSPS) is 18.7. The van der Waals surface area contributed by atoms with Crippen molar-refractivity contribution in [2.75, 3.05) is 26.3 Å². The van der Waals surface area contributed by atoms with Crippen LogP contribution >= 0.6 is 0 Å². The molecule has 23 heavy (non-hydrogen) atoms. The number of ether oxygens (including phenoxy) is 1. The number of aliphatic hydroxyl groups excluding tert-OH is 1. The van der Waals surface area contributed by atoms with Gasteiger partial charge in [-0.25, -0.2) is 0 Å². The summed E-state index contributed by atoms with van der Waals surface area (Å²) in [6, 6.07) is 11.4. The van der Waals surface area contributed by atoms with Crippen molar-refractivity contribution in [2.45, 2.75) is 19.1 Å². The maximum atomic E-state index is 11.9. The molecule has 1 heterocycles. The van der Waals surface area contributed by atoms with Gasteiger partial charge in [0.25, 0.3) is 0 Å². The van der Waals surface area contributed by atoms with Gasteiger partial charge in [-0.15, -0.1) is 0 Å². The fraction of sp³-hybridized carbons (Fsp3) is 0.389.